The number of hydrogen-bond acceptors (Lipinski definition) is 2. The largest absolute Gasteiger partial charge is 0.361 e. The number of carbonyl (C=O) groups is 1. The van der Waals surface area contributed by atoms with Crippen LogP contribution in [-0.4, -0.2) is 30.7 Å². The number of carbonyl (C=O) groups excluding carboxylic acids is 1. The zero-order valence-corrected chi connectivity index (χ0v) is 10.1. The summed E-state index contributed by atoms with van der Waals surface area (Å²) in [5.41, 5.74) is 0.542. The first kappa shape index (κ1) is 11.7. The van der Waals surface area contributed by atoms with Crippen LogP contribution in [0.2, 0.25) is 10.0 Å². The van der Waals surface area contributed by atoms with Crippen molar-refractivity contribution in [2.45, 2.75) is 6.42 Å². The lowest BCUT2D eigenvalue weighted by molar-refractivity contribution is -0.00571. The van der Waals surface area contributed by atoms with Crippen molar-refractivity contribution in [1.82, 2.24) is 4.90 Å². The Morgan fingerprint density at radius 1 is 1.31 bits per heavy atom. The lowest BCUT2D eigenvalue weighted by Gasteiger charge is -2.26. The fraction of sp³-hybridized carbons (Fsp3) is 0.364. The lowest BCUT2D eigenvalue weighted by Crippen LogP contribution is -2.38. The number of rotatable bonds is 1. The Balaban J connectivity index is 2.16. The van der Waals surface area contributed by atoms with Crippen molar-refractivity contribution in [1.29, 1.82) is 0 Å². The second kappa shape index (κ2) is 5.04. The van der Waals surface area contributed by atoms with Crippen LogP contribution in [0.3, 0.4) is 0 Å². The second-order valence-corrected chi connectivity index (χ2v) is 4.40. The highest BCUT2D eigenvalue weighted by Crippen LogP contribution is 2.23. The molecule has 0 unspecified atom stereocenters. The minimum atomic E-state index is -0.0710. The maximum atomic E-state index is 12.0. The Labute approximate surface area is 104 Å². The van der Waals surface area contributed by atoms with Crippen LogP contribution in [-0.2, 0) is 4.74 Å². The molecule has 2 rings (SSSR count). The van der Waals surface area contributed by atoms with E-state index in [0.29, 0.717) is 28.9 Å². The average Bonchev–Trinajstić information content (AvgIpc) is 2.33. The quantitative estimate of drug-likeness (QED) is 0.777. The first-order valence-corrected chi connectivity index (χ1v) is 5.76. The molecular formula is C11H11Cl2NO2. The molecule has 0 atom stereocenters. The van der Waals surface area contributed by atoms with Crippen LogP contribution in [0, 0.1) is 0 Å². The molecule has 0 N–H and O–H groups in total. The number of benzene rings is 1. The van der Waals surface area contributed by atoms with Crippen LogP contribution in [0.15, 0.2) is 18.2 Å². The van der Waals surface area contributed by atoms with E-state index in [2.05, 4.69) is 0 Å². The fourth-order valence-corrected chi connectivity index (χ4v) is 1.87. The SMILES string of the molecule is O=C(c1ccc(Cl)c(Cl)c1)N1CCCOC1. The van der Waals surface area contributed by atoms with E-state index in [1.165, 1.54) is 0 Å². The molecule has 1 aliphatic heterocycles. The highest BCUT2D eigenvalue weighted by atomic mass is 35.5. The smallest absolute Gasteiger partial charge is 0.255 e. The molecule has 1 aromatic rings. The van der Waals surface area contributed by atoms with E-state index in [4.69, 9.17) is 27.9 Å². The molecule has 1 saturated heterocycles. The van der Waals surface area contributed by atoms with Gasteiger partial charge in [-0.25, -0.2) is 0 Å². The van der Waals surface area contributed by atoms with Crippen LogP contribution in [0.25, 0.3) is 0 Å². The van der Waals surface area contributed by atoms with Gasteiger partial charge in [-0.3, -0.25) is 4.79 Å². The van der Waals surface area contributed by atoms with E-state index in [1.807, 2.05) is 0 Å². The first-order valence-electron chi connectivity index (χ1n) is 5.00. The third-order valence-electron chi connectivity index (χ3n) is 2.42. The summed E-state index contributed by atoms with van der Waals surface area (Å²) in [6.07, 6.45) is 0.868. The summed E-state index contributed by atoms with van der Waals surface area (Å²) in [6, 6.07) is 4.88. The van der Waals surface area contributed by atoms with E-state index in [9.17, 15) is 4.79 Å². The maximum absolute atomic E-state index is 12.0. The van der Waals surface area contributed by atoms with E-state index in [-0.39, 0.29) is 5.91 Å². The van der Waals surface area contributed by atoms with Crippen molar-refractivity contribution in [3.8, 4) is 0 Å². The van der Waals surface area contributed by atoms with E-state index in [0.717, 1.165) is 13.0 Å². The molecule has 1 aromatic carbocycles. The molecule has 1 amide bonds. The summed E-state index contributed by atoms with van der Waals surface area (Å²) in [7, 11) is 0. The van der Waals surface area contributed by atoms with E-state index >= 15 is 0 Å². The van der Waals surface area contributed by atoms with E-state index in [1.54, 1.807) is 23.1 Å². The first-order chi connectivity index (χ1) is 7.68. The Morgan fingerprint density at radius 3 is 2.75 bits per heavy atom. The Kier molecular flexibility index (Phi) is 3.69. The molecule has 3 nitrogen and oxygen atoms in total. The van der Waals surface area contributed by atoms with Gasteiger partial charge in [0.2, 0.25) is 0 Å². The van der Waals surface area contributed by atoms with Gasteiger partial charge in [-0.2, -0.15) is 0 Å². The zero-order valence-electron chi connectivity index (χ0n) is 8.58. The molecular weight excluding hydrogens is 249 g/mol. The van der Waals surface area contributed by atoms with Gasteiger partial charge in [-0.15, -0.1) is 0 Å². The van der Waals surface area contributed by atoms with Gasteiger partial charge in [0.25, 0.3) is 5.91 Å². The van der Waals surface area contributed by atoms with Crippen molar-refractivity contribution in [3.63, 3.8) is 0 Å². The molecule has 0 saturated carbocycles. The summed E-state index contributed by atoms with van der Waals surface area (Å²) in [5, 5.41) is 0.846. The summed E-state index contributed by atoms with van der Waals surface area (Å²) < 4.78 is 5.22. The third-order valence-corrected chi connectivity index (χ3v) is 3.16. The van der Waals surface area contributed by atoms with Crippen molar-refractivity contribution in [3.05, 3.63) is 33.8 Å². The predicted octanol–water partition coefficient (Wildman–Crippen LogP) is 2.81. The molecule has 1 aliphatic rings. The van der Waals surface area contributed by atoms with Crippen LogP contribution >= 0.6 is 23.2 Å². The highest BCUT2D eigenvalue weighted by Gasteiger charge is 2.18. The van der Waals surface area contributed by atoms with Gasteiger partial charge in [-0.05, 0) is 24.6 Å². The summed E-state index contributed by atoms with van der Waals surface area (Å²) in [6.45, 7) is 1.78. The second-order valence-electron chi connectivity index (χ2n) is 3.59. The molecule has 16 heavy (non-hydrogen) atoms. The van der Waals surface area contributed by atoms with Crippen molar-refractivity contribution >= 4 is 29.1 Å². The number of halogens is 2. The number of hydrogen-bond donors (Lipinski definition) is 0. The third kappa shape index (κ3) is 2.48. The molecule has 0 spiro atoms. The number of ether oxygens (including phenoxy) is 1. The van der Waals surface area contributed by atoms with Crippen molar-refractivity contribution in [2.24, 2.45) is 0 Å². The molecule has 0 bridgehead atoms. The van der Waals surface area contributed by atoms with Gasteiger partial charge >= 0.3 is 0 Å². The molecule has 0 aromatic heterocycles. The Hall–Kier alpha value is -0.770. The van der Waals surface area contributed by atoms with Gasteiger partial charge in [0, 0.05) is 12.1 Å². The number of amides is 1. The molecule has 0 aliphatic carbocycles. The molecule has 0 radical (unpaired) electrons. The summed E-state index contributed by atoms with van der Waals surface area (Å²) in [5.74, 6) is -0.0710. The molecule has 1 heterocycles. The minimum absolute atomic E-state index is 0.0710. The fourth-order valence-electron chi connectivity index (χ4n) is 1.57. The summed E-state index contributed by atoms with van der Waals surface area (Å²) >= 11 is 11.7. The zero-order chi connectivity index (χ0) is 11.5. The maximum Gasteiger partial charge on any atom is 0.255 e. The van der Waals surface area contributed by atoms with Gasteiger partial charge in [0.15, 0.2) is 0 Å². The van der Waals surface area contributed by atoms with Crippen molar-refractivity contribution in [2.75, 3.05) is 19.9 Å². The topological polar surface area (TPSA) is 29.5 Å². The van der Waals surface area contributed by atoms with Crippen LogP contribution in [0.4, 0.5) is 0 Å². The van der Waals surface area contributed by atoms with Crippen molar-refractivity contribution < 1.29 is 9.53 Å². The lowest BCUT2D eigenvalue weighted by atomic mass is 10.2. The highest BCUT2D eigenvalue weighted by molar-refractivity contribution is 6.42. The Bertz CT molecular complexity index is 403. The number of nitrogens with zero attached hydrogens (tertiary/aromatic N) is 1. The molecule has 1 fully saturated rings. The molecule has 86 valence electrons. The van der Waals surface area contributed by atoms with Crippen LogP contribution < -0.4 is 0 Å². The van der Waals surface area contributed by atoms with Gasteiger partial charge < -0.3 is 9.64 Å². The van der Waals surface area contributed by atoms with Gasteiger partial charge in [0.05, 0.1) is 16.7 Å². The minimum Gasteiger partial charge on any atom is -0.361 e. The van der Waals surface area contributed by atoms with Gasteiger partial charge in [-0.1, -0.05) is 23.2 Å². The average molecular weight is 260 g/mol. The van der Waals surface area contributed by atoms with Crippen LogP contribution in [0.1, 0.15) is 16.8 Å². The van der Waals surface area contributed by atoms with Crippen LogP contribution in [0.5, 0.6) is 0 Å². The van der Waals surface area contributed by atoms with Gasteiger partial charge in [0.1, 0.15) is 6.73 Å². The monoisotopic (exact) mass is 259 g/mol. The normalized spacial score (nSPS) is 16.2. The standard InChI is InChI=1S/C11H11Cl2NO2/c12-9-3-2-8(6-10(9)13)11(15)14-4-1-5-16-7-14/h2-3,6H,1,4-5,7H2. The molecule has 5 heteroatoms. The predicted molar refractivity (Wildman–Crippen MR) is 62.9 cm³/mol. The van der Waals surface area contributed by atoms with E-state index < -0.39 is 0 Å². The Morgan fingerprint density at radius 2 is 2.12 bits per heavy atom. The summed E-state index contributed by atoms with van der Waals surface area (Å²) in [4.78, 5) is 13.7.